The second-order valence-electron chi connectivity index (χ2n) is 5.43. The van der Waals surface area contributed by atoms with E-state index in [0.29, 0.717) is 6.54 Å². The van der Waals surface area contributed by atoms with Gasteiger partial charge in [0.1, 0.15) is 5.65 Å². The van der Waals surface area contributed by atoms with Gasteiger partial charge in [-0.3, -0.25) is 0 Å². The molecule has 3 nitrogen and oxygen atoms in total. The lowest BCUT2D eigenvalue weighted by Gasteiger charge is -2.04. The standard InChI is InChI=1S/C18H21N3/c1-3-16-18(15-6-4-14(5-7-15)8-10-19)20-17-12-13(2)9-11-21(16)17/h4-7,9,11-12H,3,8,10,19H2,1-2H3. The van der Waals surface area contributed by atoms with Crippen molar-refractivity contribution >= 4 is 5.65 Å². The van der Waals surface area contributed by atoms with E-state index in [0.717, 1.165) is 24.2 Å². The van der Waals surface area contributed by atoms with E-state index in [1.165, 1.54) is 22.4 Å². The molecule has 21 heavy (non-hydrogen) atoms. The maximum Gasteiger partial charge on any atom is 0.137 e. The van der Waals surface area contributed by atoms with Crippen molar-refractivity contribution in [3.8, 4) is 11.3 Å². The van der Waals surface area contributed by atoms with Gasteiger partial charge in [-0.1, -0.05) is 31.2 Å². The van der Waals surface area contributed by atoms with Crippen molar-refractivity contribution < 1.29 is 0 Å². The highest BCUT2D eigenvalue weighted by Gasteiger charge is 2.12. The molecule has 3 heteroatoms. The maximum atomic E-state index is 5.60. The summed E-state index contributed by atoms with van der Waals surface area (Å²) in [5.74, 6) is 0. The molecule has 0 aliphatic carbocycles. The Morgan fingerprint density at radius 1 is 1.14 bits per heavy atom. The fourth-order valence-corrected chi connectivity index (χ4v) is 2.76. The third-order valence-corrected chi connectivity index (χ3v) is 3.88. The summed E-state index contributed by atoms with van der Waals surface area (Å²) < 4.78 is 2.19. The summed E-state index contributed by atoms with van der Waals surface area (Å²) in [5, 5.41) is 0. The zero-order valence-corrected chi connectivity index (χ0v) is 12.6. The fraction of sp³-hybridized carbons (Fsp3) is 0.278. The highest BCUT2D eigenvalue weighted by atomic mass is 15.0. The molecule has 0 spiro atoms. The second-order valence-corrected chi connectivity index (χ2v) is 5.43. The number of hydrogen-bond donors (Lipinski definition) is 1. The normalized spacial score (nSPS) is 11.2. The molecule has 0 fully saturated rings. The SMILES string of the molecule is CCc1c(-c2ccc(CCN)cc2)nc2cc(C)ccn12. The summed E-state index contributed by atoms with van der Waals surface area (Å²) in [6, 6.07) is 12.9. The van der Waals surface area contributed by atoms with Gasteiger partial charge in [-0.25, -0.2) is 4.98 Å². The number of pyridine rings is 1. The number of hydrogen-bond acceptors (Lipinski definition) is 2. The van der Waals surface area contributed by atoms with Crippen molar-refractivity contribution in [2.75, 3.05) is 6.54 Å². The van der Waals surface area contributed by atoms with Gasteiger partial charge in [0, 0.05) is 11.8 Å². The molecule has 108 valence electrons. The monoisotopic (exact) mass is 279 g/mol. The number of imidazole rings is 1. The van der Waals surface area contributed by atoms with Gasteiger partial charge in [-0.15, -0.1) is 0 Å². The van der Waals surface area contributed by atoms with Crippen molar-refractivity contribution in [3.63, 3.8) is 0 Å². The molecule has 0 aliphatic heterocycles. The number of fused-ring (bicyclic) bond motifs is 1. The van der Waals surface area contributed by atoms with E-state index in [2.05, 4.69) is 60.8 Å². The molecule has 2 heterocycles. The lowest BCUT2D eigenvalue weighted by atomic mass is 10.1. The van der Waals surface area contributed by atoms with E-state index in [9.17, 15) is 0 Å². The Morgan fingerprint density at radius 3 is 2.57 bits per heavy atom. The van der Waals surface area contributed by atoms with Crippen LogP contribution >= 0.6 is 0 Å². The van der Waals surface area contributed by atoms with Crippen LogP contribution in [0.25, 0.3) is 16.9 Å². The van der Waals surface area contributed by atoms with E-state index in [-0.39, 0.29) is 0 Å². The molecule has 0 amide bonds. The maximum absolute atomic E-state index is 5.60. The first-order chi connectivity index (χ1) is 10.2. The molecule has 0 radical (unpaired) electrons. The number of aryl methyl sites for hydroxylation is 2. The summed E-state index contributed by atoms with van der Waals surface area (Å²) in [4.78, 5) is 4.83. The summed E-state index contributed by atoms with van der Waals surface area (Å²) in [7, 11) is 0. The van der Waals surface area contributed by atoms with Gasteiger partial charge >= 0.3 is 0 Å². The van der Waals surface area contributed by atoms with Crippen LogP contribution in [-0.4, -0.2) is 15.9 Å². The van der Waals surface area contributed by atoms with E-state index in [1.807, 2.05) is 0 Å². The largest absolute Gasteiger partial charge is 0.330 e. The number of nitrogens with zero attached hydrogens (tertiary/aromatic N) is 2. The Hall–Kier alpha value is -2.13. The van der Waals surface area contributed by atoms with E-state index >= 15 is 0 Å². The topological polar surface area (TPSA) is 43.3 Å². The van der Waals surface area contributed by atoms with Crippen LogP contribution in [0.5, 0.6) is 0 Å². The molecule has 0 unspecified atom stereocenters. The highest BCUT2D eigenvalue weighted by Crippen LogP contribution is 2.25. The summed E-state index contributed by atoms with van der Waals surface area (Å²) >= 11 is 0. The molecule has 2 aromatic heterocycles. The lowest BCUT2D eigenvalue weighted by Crippen LogP contribution is -2.02. The van der Waals surface area contributed by atoms with Gasteiger partial charge in [0.05, 0.1) is 11.4 Å². The van der Waals surface area contributed by atoms with Crippen molar-refractivity contribution in [1.82, 2.24) is 9.38 Å². The van der Waals surface area contributed by atoms with Crippen LogP contribution in [-0.2, 0) is 12.8 Å². The highest BCUT2D eigenvalue weighted by molar-refractivity contribution is 5.67. The predicted octanol–water partition coefficient (Wildman–Crippen LogP) is 3.37. The van der Waals surface area contributed by atoms with Crippen LogP contribution < -0.4 is 5.73 Å². The van der Waals surface area contributed by atoms with Gasteiger partial charge in [0.25, 0.3) is 0 Å². The number of aromatic nitrogens is 2. The minimum Gasteiger partial charge on any atom is -0.330 e. The first-order valence-corrected chi connectivity index (χ1v) is 7.50. The first-order valence-electron chi connectivity index (χ1n) is 7.50. The van der Waals surface area contributed by atoms with Crippen LogP contribution in [0.1, 0.15) is 23.7 Å². The van der Waals surface area contributed by atoms with Crippen molar-refractivity contribution in [2.24, 2.45) is 5.73 Å². The molecular formula is C18H21N3. The molecule has 0 atom stereocenters. The van der Waals surface area contributed by atoms with Gasteiger partial charge < -0.3 is 10.1 Å². The van der Waals surface area contributed by atoms with Crippen molar-refractivity contribution in [2.45, 2.75) is 26.7 Å². The molecule has 3 rings (SSSR count). The number of rotatable bonds is 4. The number of benzene rings is 1. The Bertz CT molecular complexity index is 754. The molecular weight excluding hydrogens is 258 g/mol. The molecule has 2 N–H and O–H groups in total. The van der Waals surface area contributed by atoms with Gasteiger partial charge in [0.2, 0.25) is 0 Å². The van der Waals surface area contributed by atoms with Crippen molar-refractivity contribution in [1.29, 1.82) is 0 Å². The smallest absolute Gasteiger partial charge is 0.137 e. The Labute approximate surface area is 125 Å². The van der Waals surface area contributed by atoms with E-state index < -0.39 is 0 Å². The quantitative estimate of drug-likeness (QED) is 0.795. The van der Waals surface area contributed by atoms with Crippen LogP contribution in [0, 0.1) is 6.92 Å². The van der Waals surface area contributed by atoms with Crippen molar-refractivity contribution in [3.05, 3.63) is 59.4 Å². The summed E-state index contributed by atoms with van der Waals surface area (Å²) in [6.07, 6.45) is 4.00. The summed E-state index contributed by atoms with van der Waals surface area (Å²) in [6.45, 7) is 4.96. The van der Waals surface area contributed by atoms with Gasteiger partial charge in [-0.05, 0) is 49.6 Å². The first kappa shape index (κ1) is 13.8. The fourth-order valence-electron chi connectivity index (χ4n) is 2.76. The summed E-state index contributed by atoms with van der Waals surface area (Å²) in [5.41, 5.74) is 12.7. The van der Waals surface area contributed by atoms with Crippen LogP contribution in [0.4, 0.5) is 0 Å². The molecule has 0 bridgehead atoms. The van der Waals surface area contributed by atoms with Crippen LogP contribution in [0.3, 0.4) is 0 Å². The lowest BCUT2D eigenvalue weighted by molar-refractivity contribution is 0.968. The predicted molar refractivity (Wildman–Crippen MR) is 87.5 cm³/mol. The molecule has 1 aromatic carbocycles. The molecule has 0 aliphatic rings. The average Bonchev–Trinajstić information content (AvgIpc) is 2.85. The molecule has 0 saturated carbocycles. The van der Waals surface area contributed by atoms with Crippen LogP contribution in [0.2, 0.25) is 0 Å². The minimum absolute atomic E-state index is 0.688. The molecule has 3 aromatic rings. The minimum atomic E-state index is 0.688. The third kappa shape index (κ3) is 2.57. The molecule has 0 saturated heterocycles. The van der Waals surface area contributed by atoms with Gasteiger partial charge in [0.15, 0.2) is 0 Å². The van der Waals surface area contributed by atoms with E-state index in [1.54, 1.807) is 0 Å². The zero-order valence-electron chi connectivity index (χ0n) is 12.6. The Morgan fingerprint density at radius 2 is 1.90 bits per heavy atom. The number of nitrogens with two attached hydrogens (primary N) is 1. The third-order valence-electron chi connectivity index (χ3n) is 3.88. The van der Waals surface area contributed by atoms with E-state index in [4.69, 9.17) is 10.7 Å². The Kier molecular flexibility index (Phi) is 3.76. The van der Waals surface area contributed by atoms with Gasteiger partial charge in [-0.2, -0.15) is 0 Å². The Balaban J connectivity index is 2.10. The average molecular weight is 279 g/mol. The van der Waals surface area contributed by atoms with Crippen LogP contribution in [0.15, 0.2) is 42.6 Å². The zero-order chi connectivity index (χ0) is 14.8. The second kappa shape index (κ2) is 5.70.